The molecular formula is C20H13N7O3S2. The van der Waals surface area contributed by atoms with Crippen molar-refractivity contribution in [2.75, 3.05) is 5.32 Å². The van der Waals surface area contributed by atoms with Crippen LogP contribution in [0.2, 0.25) is 0 Å². The van der Waals surface area contributed by atoms with Gasteiger partial charge in [-0.25, -0.2) is 4.68 Å². The second kappa shape index (κ2) is 9.38. The van der Waals surface area contributed by atoms with E-state index in [1.165, 1.54) is 46.0 Å². The number of hydrogen-bond acceptors (Lipinski definition) is 9. The van der Waals surface area contributed by atoms with Crippen molar-refractivity contribution in [2.24, 2.45) is 0 Å². The third-order valence-corrected chi connectivity index (χ3v) is 6.24. The fourth-order valence-corrected chi connectivity index (χ4v) is 4.34. The lowest BCUT2D eigenvalue weighted by atomic mass is 10.2. The van der Waals surface area contributed by atoms with Crippen molar-refractivity contribution in [3.05, 3.63) is 87.7 Å². The second-order valence-electron chi connectivity index (χ2n) is 6.35. The van der Waals surface area contributed by atoms with Gasteiger partial charge in [0.2, 0.25) is 5.13 Å². The summed E-state index contributed by atoms with van der Waals surface area (Å²) in [5, 5.41) is 35.0. The molecule has 2 heterocycles. The first-order valence-electron chi connectivity index (χ1n) is 9.09. The molecule has 158 valence electrons. The Morgan fingerprint density at radius 2 is 2.03 bits per heavy atom. The van der Waals surface area contributed by atoms with Crippen LogP contribution in [-0.2, 0) is 5.75 Å². The van der Waals surface area contributed by atoms with Gasteiger partial charge < -0.3 is 0 Å². The number of carbonyl (C=O) groups excluding carboxylic acids is 1. The minimum absolute atomic E-state index is 0.0658. The molecular weight excluding hydrogens is 450 g/mol. The van der Waals surface area contributed by atoms with Crippen molar-refractivity contribution in [1.29, 1.82) is 5.26 Å². The summed E-state index contributed by atoms with van der Waals surface area (Å²) in [7, 11) is 0. The number of non-ortho nitro benzene ring substituents is 1. The number of nitro groups is 1. The number of aromatic nitrogens is 4. The van der Waals surface area contributed by atoms with E-state index < -0.39 is 10.8 Å². The minimum atomic E-state index is -0.493. The highest BCUT2D eigenvalue weighted by Gasteiger charge is 2.15. The van der Waals surface area contributed by atoms with Crippen LogP contribution in [0.1, 0.15) is 21.6 Å². The number of nitriles is 1. The first-order chi connectivity index (χ1) is 15.5. The number of amides is 1. The Balaban J connectivity index is 1.37. The number of nitro benzene ring substituents is 1. The molecule has 1 N–H and O–H groups in total. The predicted octanol–water partition coefficient (Wildman–Crippen LogP) is 4.05. The average molecular weight is 464 g/mol. The molecule has 32 heavy (non-hydrogen) atoms. The van der Waals surface area contributed by atoms with Crippen molar-refractivity contribution in [2.45, 2.75) is 10.1 Å². The van der Waals surface area contributed by atoms with Gasteiger partial charge in [-0.05, 0) is 29.8 Å². The van der Waals surface area contributed by atoms with Crippen LogP contribution in [0, 0.1) is 21.4 Å². The first-order valence-corrected chi connectivity index (χ1v) is 10.9. The largest absolute Gasteiger partial charge is 0.295 e. The standard InChI is InChI=1S/C20H13N7O3S2/c21-11-13-4-6-14(7-5-13)12-31-20-24-23-19(32-20)22-18(28)17-8-9-26(25-17)15-2-1-3-16(10-15)27(29)30/h1-10H,12H2,(H,22,23,28). The summed E-state index contributed by atoms with van der Waals surface area (Å²) >= 11 is 2.71. The van der Waals surface area contributed by atoms with E-state index in [-0.39, 0.29) is 11.4 Å². The molecule has 0 saturated heterocycles. The number of anilines is 1. The summed E-state index contributed by atoms with van der Waals surface area (Å²) in [5.41, 5.74) is 2.19. The molecule has 12 heteroatoms. The number of thioether (sulfide) groups is 1. The lowest BCUT2D eigenvalue weighted by molar-refractivity contribution is -0.384. The molecule has 10 nitrogen and oxygen atoms in total. The van der Waals surface area contributed by atoms with Gasteiger partial charge in [-0.2, -0.15) is 10.4 Å². The molecule has 0 aliphatic rings. The lowest BCUT2D eigenvalue weighted by Gasteiger charge is -2.01. The zero-order chi connectivity index (χ0) is 22.5. The Kier molecular flexibility index (Phi) is 6.20. The SMILES string of the molecule is N#Cc1ccc(CSc2nnc(NC(=O)c3ccn(-c4cccc([N+](=O)[O-])c4)n3)s2)cc1. The second-order valence-corrected chi connectivity index (χ2v) is 8.55. The lowest BCUT2D eigenvalue weighted by Crippen LogP contribution is -2.13. The Morgan fingerprint density at radius 3 is 2.78 bits per heavy atom. The molecule has 0 radical (unpaired) electrons. The topological polar surface area (TPSA) is 140 Å². The van der Waals surface area contributed by atoms with Crippen LogP contribution in [0.4, 0.5) is 10.8 Å². The molecule has 0 atom stereocenters. The summed E-state index contributed by atoms with van der Waals surface area (Å²) < 4.78 is 2.08. The third kappa shape index (κ3) is 4.97. The Labute approximate surface area is 189 Å². The van der Waals surface area contributed by atoms with Crippen LogP contribution in [0.25, 0.3) is 5.69 Å². The highest BCUT2D eigenvalue weighted by Crippen LogP contribution is 2.28. The number of benzene rings is 2. The maximum Gasteiger partial charge on any atom is 0.277 e. The summed E-state index contributed by atoms with van der Waals surface area (Å²) in [4.78, 5) is 22.9. The fourth-order valence-electron chi connectivity index (χ4n) is 2.64. The molecule has 4 rings (SSSR count). The smallest absolute Gasteiger partial charge is 0.277 e. The van der Waals surface area contributed by atoms with Crippen molar-refractivity contribution in [3.63, 3.8) is 0 Å². The van der Waals surface area contributed by atoms with Crippen LogP contribution in [0.5, 0.6) is 0 Å². The molecule has 1 amide bonds. The molecule has 0 aliphatic carbocycles. The van der Waals surface area contributed by atoms with Crippen LogP contribution >= 0.6 is 23.1 Å². The molecule has 2 aromatic carbocycles. The first kappa shape index (κ1) is 21.2. The summed E-state index contributed by atoms with van der Waals surface area (Å²) in [6, 6.07) is 16.8. The monoisotopic (exact) mass is 463 g/mol. The summed E-state index contributed by atoms with van der Waals surface area (Å²) in [6.45, 7) is 0. The Bertz CT molecular complexity index is 1330. The molecule has 4 aromatic rings. The van der Waals surface area contributed by atoms with E-state index in [9.17, 15) is 14.9 Å². The normalized spacial score (nSPS) is 10.5. The fraction of sp³-hybridized carbons (Fsp3) is 0.0500. The zero-order valence-electron chi connectivity index (χ0n) is 16.2. The van der Waals surface area contributed by atoms with Gasteiger partial charge >= 0.3 is 0 Å². The molecule has 0 fully saturated rings. The van der Waals surface area contributed by atoms with Crippen molar-refractivity contribution in [3.8, 4) is 11.8 Å². The number of rotatable bonds is 7. The Morgan fingerprint density at radius 1 is 1.22 bits per heavy atom. The molecule has 2 aromatic heterocycles. The maximum atomic E-state index is 12.5. The highest BCUT2D eigenvalue weighted by molar-refractivity contribution is 8.00. The van der Waals surface area contributed by atoms with Gasteiger partial charge in [-0.15, -0.1) is 10.2 Å². The van der Waals surface area contributed by atoms with E-state index in [0.717, 1.165) is 5.56 Å². The molecule has 0 bridgehead atoms. The number of nitrogens with one attached hydrogen (secondary N) is 1. The maximum absolute atomic E-state index is 12.5. The highest BCUT2D eigenvalue weighted by atomic mass is 32.2. The third-order valence-electron chi connectivity index (χ3n) is 4.20. The van der Waals surface area contributed by atoms with Crippen molar-refractivity contribution in [1.82, 2.24) is 20.0 Å². The van der Waals surface area contributed by atoms with Crippen molar-refractivity contribution >= 4 is 39.8 Å². The number of nitrogens with zero attached hydrogens (tertiary/aromatic N) is 6. The van der Waals surface area contributed by atoms with Crippen LogP contribution in [-0.4, -0.2) is 30.8 Å². The van der Waals surface area contributed by atoms with Gasteiger partial charge in [0.05, 0.1) is 22.2 Å². The van der Waals surface area contributed by atoms with Gasteiger partial charge in [-0.3, -0.25) is 20.2 Å². The Hall–Kier alpha value is -4.08. The van der Waals surface area contributed by atoms with Gasteiger partial charge in [-0.1, -0.05) is 41.3 Å². The van der Waals surface area contributed by atoms with E-state index in [4.69, 9.17) is 5.26 Å². The number of carbonyl (C=O) groups is 1. The average Bonchev–Trinajstić information content (AvgIpc) is 3.48. The van der Waals surface area contributed by atoms with Crippen LogP contribution in [0.3, 0.4) is 0 Å². The summed E-state index contributed by atoms with van der Waals surface area (Å²) in [5.74, 6) is 0.191. The predicted molar refractivity (Wildman–Crippen MR) is 119 cm³/mol. The van der Waals surface area contributed by atoms with E-state index in [2.05, 4.69) is 26.7 Å². The summed E-state index contributed by atoms with van der Waals surface area (Å²) in [6.07, 6.45) is 1.55. The molecule has 0 aliphatic heterocycles. The van der Waals surface area contributed by atoms with E-state index in [1.807, 2.05) is 12.1 Å². The van der Waals surface area contributed by atoms with Crippen molar-refractivity contribution < 1.29 is 9.72 Å². The van der Waals surface area contributed by atoms with Gasteiger partial charge in [0.25, 0.3) is 11.6 Å². The quantitative estimate of drug-likeness (QED) is 0.187. The molecule has 0 unspecified atom stereocenters. The van der Waals surface area contributed by atoms with Gasteiger partial charge in [0.1, 0.15) is 0 Å². The van der Waals surface area contributed by atoms with Gasteiger partial charge in [0.15, 0.2) is 10.0 Å². The molecule has 0 saturated carbocycles. The van der Waals surface area contributed by atoms with E-state index >= 15 is 0 Å². The van der Waals surface area contributed by atoms with Gasteiger partial charge in [0, 0.05) is 24.1 Å². The zero-order valence-corrected chi connectivity index (χ0v) is 17.8. The molecule has 0 spiro atoms. The number of hydrogen-bond donors (Lipinski definition) is 1. The van der Waals surface area contributed by atoms with E-state index in [1.54, 1.807) is 30.5 Å². The minimum Gasteiger partial charge on any atom is -0.295 e. The van der Waals surface area contributed by atoms with Crippen LogP contribution < -0.4 is 5.32 Å². The van der Waals surface area contributed by atoms with Crippen LogP contribution in [0.15, 0.2) is 65.1 Å². The van der Waals surface area contributed by atoms with E-state index in [0.29, 0.717) is 26.5 Å².